The first-order valence-corrected chi connectivity index (χ1v) is 12.5. The number of carboxylic acid groups (broad SMARTS) is 1. The van der Waals surface area contributed by atoms with Gasteiger partial charge in [0.2, 0.25) is 0 Å². The monoisotopic (exact) mass is 472 g/mol. The number of thiazole rings is 2. The van der Waals surface area contributed by atoms with Crippen molar-refractivity contribution < 1.29 is 14.7 Å². The minimum absolute atomic E-state index is 0.169. The van der Waals surface area contributed by atoms with Gasteiger partial charge in [-0.25, -0.2) is 9.97 Å². The molecule has 0 saturated carbocycles. The number of benzene rings is 1. The predicted octanol–water partition coefficient (Wildman–Crippen LogP) is 5.46. The molecule has 7 nitrogen and oxygen atoms in total. The molecule has 3 N–H and O–H groups in total. The summed E-state index contributed by atoms with van der Waals surface area (Å²) >= 11 is 2.62. The fourth-order valence-electron chi connectivity index (χ4n) is 3.40. The van der Waals surface area contributed by atoms with E-state index in [1.54, 1.807) is 10.8 Å². The highest BCUT2D eigenvalue weighted by Crippen LogP contribution is 2.23. The van der Waals surface area contributed by atoms with Crippen LogP contribution in [0, 0.1) is 5.92 Å². The van der Waals surface area contributed by atoms with Crippen molar-refractivity contribution in [1.29, 1.82) is 0 Å². The quantitative estimate of drug-likeness (QED) is 0.323. The minimum atomic E-state index is -0.957. The number of aliphatic carboxylic acids is 1. The minimum Gasteiger partial charge on any atom is -0.481 e. The van der Waals surface area contributed by atoms with E-state index in [9.17, 15) is 9.59 Å². The summed E-state index contributed by atoms with van der Waals surface area (Å²) in [7, 11) is 0. The number of hydrogen-bond acceptors (Lipinski definition) is 7. The third-order valence-electron chi connectivity index (χ3n) is 5.31. The van der Waals surface area contributed by atoms with Crippen LogP contribution in [0.5, 0.6) is 0 Å². The summed E-state index contributed by atoms with van der Waals surface area (Å²) in [5, 5.41) is 19.5. The van der Waals surface area contributed by atoms with Crippen LogP contribution in [0.4, 0.5) is 10.8 Å². The molecule has 3 rings (SSSR count). The number of carbonyl (C=O) groups excluding carboxylic acids is 1. The van der Waals surface area contributed by atoms with Gasteiger partial charge in [-0.1, -0.05) is 44.9 Å². The zero-order valence-corrected chi connectivity index (χ0v) is 19.9. The van der Waals surface area contributed by atoms with Gasteiger partial charge in [-0.3, -0.25) is 14.9 Å². The molecule has 0 fully saturated rings. The van der Waals surface area contributed by atoms with Crippen LogP contribution in [0.1, 0.15) is 59.9 Å². The largest absolute Gasteiger partial charge is 0.481 e. The number of aryl methyl sites for hydroxylation is 1. The van der Waals surface area contributed by atoms with Gasteiger partial charge in [-0.05, 0) is 30.4 Å². The third kappa shape index (κ3) is 6.86. The van der Waals surface area contributed by atoms with Crippen molar-refractivity contribution in [3.63, 3.8) is 0 Å². The number of anilines is 2. The Morgan fingerprint density at radius 2 is 1.88 bits per heavy atom. The van der Waals surface area contributed by atoms with Crippen LogP contribution >= 0.6 is 22.7 Å². The van der Waals surface area contributed by atoms with E-state index in [1.807, 2.05) is 6.07 Å². The Bertz CT molecular complexity index is 1040. The van der Waals surface area contributed by atoms with Gasteiger partial charge in [-0.15, -0.1) is 22.7 Å². The van der Waals surface area contributed by atoms with Crippen molar-refractivity contribution in [2.24, 2.45) is 5.92 Å². The van der Waals surface area contributed by atoms with Crippen LogP contribution in [0.25, 0.3) is 0 Å². The maximum atomic E-state index is 12.5. The molecule has 0 unspecified atom stereocenters. The lowest BCUT2D eigenvalue weighted by Crippen LogP contribution is -2.13. The van der Waals surface area contributed by atoms with Crippen molar-refractivity contribution in [1.82, 2.24) is 9.97 Å². The number of nitrogens with zero attached hydrogens (tertiary/aromatic N) is 2. The molecule has 1 amide bonds. The first kappa shape index (κ1) is 23.9. The first-order chi connectivity index (χ1) is 15.5. The molecule has 0 atom stereocenters. The summed E-state index contributed by atoms with van der Waals surface area (Å²) in [6.07, 6.45) is 4.46. The van der Waals surface area contributed by atoms with E-state index in [1.165, 1.54) is 47.5 Å². The van der Waals surface area contributed by atoms with Crippen molar-refractivity contribution in [2.45, 2.75) is 52.5 Å². The highest BCUT2D eigenvalue weighted by molar-refractivity contribution is 7.14. The van der Waals surface area contributed by atoms with E-state index in [0.717, 1.165) is 23.0 Å². The molecular weight excluding hydrogens is 444 g/mol. The van der Waals surface area contributed by atoms with Crippen LogP contribution in [0.3, 0.4) is 0 Å². The average Bonchev–Trinajstić information content (AvgIpc) is 3.43. The van der Waals surface area contributed by atoms with E-state index >= 15 is 0 Å². The van der Waals surface area contributed by atoms with Crippen molar-refractivity contribution in [3.05, 3.63) is 57.0 Å². The number of amides is 1. The maximum Gasteiger partial charge on any atom is 0.309 e. The average molecular weight is 473 g/mol. The molecule has 170 valence electrons. The predicted molar refractivity (Wildman–Crippen MR) is 130 cm³/mol. The van der Waals surface area contributed by atoms with Gasteiger partial charge in [0.05, 0.1) is 18.7 Å². The second-order valence-corrected chi connectivity index (χ2v) is 9.33. The van der Waals surface area contributed by atoms with Gasteiger partial charge in [0, 0.05) is 16.4 Å². The Hall–Kier alpha value is -2.78. The molecule has 0 bridgehead atoms. The zero-order valence-electron chi connectivity index (χ0n) is 18.3. The van der Waals surface area contributed by atoms with Gasteiger partial charge in [0.25, 0.3) is 5.91 Å². The van der Waals surface area contributed by atoms with Crippen molar-refractivity contribution in [3.8, 4) is 0 Å². The Kier molecular flexibility index (Phi) is 8.75. The molecule has 0 aliphatic heterocycles. The van der Waals surface area contributed by atoms with Gasteiger partial charge in [-0.2, -0.15) is 0 Å². The SMILES string of the molecule is CCC(CC)CCc1ccccc1NCc1nc(C(=O)Nc2nc(CC(=O)O)cs2)cs1. The van der Waals surface area contributed by atoms with E-state index in [2.05, 4.69) is 52.6 Å². The van der Waals surface area contributed by atoms with Crippen LogP contribution in [0.15, 0.2) is 35.0 Å². The molecule has 0 spiro atoms. The Labute approximate surface area is 195 Å². The highest BCUT2D eigenvalue weighted by Gasteiger charge is 2.14. The van der Waals surface area contributed by atoms with E-state index < -0.39 is 5.97 Å². The molecule has 9 heteroatoms. The molecule has 2 heterocycles. The molecule has 2 aromatic heterocycles. The molecule has 32 heavy (non-hydrogen) atoms. The molecule has 0 saturated heterocycles. The van der Waals surface area contributed by atoms with Gasteiger partial charge in [0.1, 0.15) is 10.7 Å². The summed E-state index contributed by atoms with van der Waals surface area (Å²) in [6.45, 7) is 5.04. The second-order valence-electron chi connectivity index (χ2n) is 7.53. The molecule has 1 aromatic carbocycles. The smallest absolute Gasteiger partial charge is 0.309 e. The molecule has 0 aliphatic carbocycles. The Morgan fingerprint density at radius 3 is 2.62 bits per heavy atom. The number of para-hydroxylation sites is 1. The van der Waals surface area contributed by atoms with Crippen LogP contribution in [-0.2, 0) is 24.2 Å². The lowest BCUT2D eigenvalue weighted by molar-refractivity contribution is -0.136. The highest BCUT2D eigenvalue weighted by atomic mass is 32.1. The molecule has 0 aliphatic rings. The Balaban J connectivity index is 1.56. The van der Waals surface area contributed by atoms with E-state index in [4.69, 9.17) is 5.11 Å². The summed E-state index contributed by atoms with van der Waals surface area (Å²) < 4.78 is 0. The number of nitrogens with one attached hydrogen (secondary N) is 2. The standard InChI is InChI=1S/C23H28N4O3S2/c1-3-15(4-2)9-10-16-7-5-6-8-18(16)24-12-20-26-19(14-31-20)22(30)27-23-25-17(13-32-23)11-21(28)29/h5-8,13-15,24H,3-4,9-12H2,1-2H3,(H,28,29)(H,25,27,30). The third-order valence-corrected chi connectivity index (χ3v) is 6.97. The van der Waals surface area contributed by atoms with Gasteiger partial charge in [0.15, 0.2) is 5.13 Å². The summed E-state index contributed by atoms with van der Waals surface area (Å²) in [5.74, 6) is -0.558. The van der Waals surface area contributed by atoms with Crippen LogP contribution < -0.4 is 10.6 Å². The number of hydrogen-bond donors (Lipinski definition) is 3. The number of carbonyl (C=O) groups is 2. The number of aromatic nitrogens is 2. The van der Waals surface area contributed by atoms with Crippen molar-refractivity contribution in [2.75, 3.05) is 10.6 Å². The maximum absolute atomic E-state index is 12.5. The fourth-order valence-corrected chi connectivity index (χ4v) is 4.82. The molecule has 3 aromatic rings. The molecule has 0 radical (unpaired) electrons. The second kappa shape index (κ2) is 11.7. The zero-order chi connectivity index (χ0) is 22.9. The normalized spacial score (nSPS) is 11.0. The van der Waals surface area contributed by atoms with E-state index in [-0.39, 0.29) is 12.3 Å². The van der Waals surface area contributed by atoms with Crippen LogP contribution in [0.2, 0.25) is 0 Å². The summed E-state index contributed by atoms with van der Waals surface area (Å²) in [5.41, 5.74) is 3.15. The topological polar surface area (TPSA) is 104 Å². The fraction of sp³-hybridized carbons (Fsp3) is 0.391. The Morgan fingerprint density at radius 1 is 1.09 bits per heavy atom. The first-order valence-electron chi connectivity index (χ1n) is 10.7. The van der Waals surface area contributed by atoms with Crippen LogP contribution in [-0.4, -0.2) is 27.0 Å². The summed E-state index contributed by atoms with van der Waals surface area (Å²) in [4.78, 5) is 31.8. The van der Waals surface area contributed by atoms with E-state index in [0.29, 0.717) is 23.1 Å². The lowest BCUT2D eigenvalue weighted by Gasteiger charge is -2.15. The molecular formula is C23H28N4O3S2. The van der Waals surface area contributed by atoms with Gasteiger partial charge >= 0.3 is 5.97 Å². The van der Waals surface area contributed by atoms with Gasteiger partial charge < -0.3 is 10.4 Å². The summed E-state index contributed by atoms with van der Waals surface area (Å²) in [6, 6.07) is 8.34. The van der Waals surface area contributed by atoms with Crippen molar-refractivity contribution >= 4 is 45.4 Å². The number of carboxylic acids is 1. The lowest BCUT2D eigenvalue weighted by atomic mass is 9.94. The number of rotatable bonds is 12.